The number of aromatic nitrogens is 4. The van der Waals surface area contributed by atoms with Crippen LogP contribution in [0.15, 0.2) is 46.6 Å². The van der Waals surface area contributed by atoms with Crippen LogP contribution in [0.25, 0.3) is 32.4 Å². The molecule has 1 N–H and O–H groups in total. The van der Waals surface area contributed by atoms with Gasteiger partial charge in [-0.05, 0) is 50.2 Å². The van der Waals surface area contributed by atoms with E-state index in [2.05, 4.69) is 15.0 Å². The van der Waals surface area contributed by atoms with Gasteiger partial charge in [-0.15, -0.1) is 11.3 Å². The van der Waals surface area contributed by atoms with Crippen LogP contribution in [0.2, 0.25) is 5.02 Å². The average molecular weight is 550 g/mol. The highest BCUT2D eigenvalue weighted by molar-refractivity contribution is 7.18. The van der Waals surface area contributed by atoms with E-state index in [1.54, 1.807) is 41.1 Å². The van der Waals surface area contributed by atoms with E-state index in [0.29, 0.717) is 50.2 Å². The third-order valence-electron chi connectivity index (χ3n) is 6.12. The smallest absolute Gasteiger partial charge is 0.338 e. The molecule has 38 heavy (non-hydrogen) atoms. The second kappa shape index (κ2) is 10.0. The number of aryl methyl sites for hydroxylation is 2. The maximum atomic E-state index is 13.3. The number of aromatic carboxylic acids is 1. The summed E-state index contributed by atoms with van der Waals surface area (Å²) in [5.41, 5.74) is 3.37. The molecule has 0 unspecified atom stereocenters. The number of hydrogen-bond acceptors (Lipinski definition) is 8. The van der Waals surface area contributed by atoms with E-state index < -0.39 is 5.97 Å². The molecule has 0 atom stereocenters. The molecule has 0 radical (unpaired) electrons. The van der Waals surface area contributed by atoms with Gasteiger partial charge in [-0.3, -0.25) is 14.3 Å². The molecule has 0 amide bonds. The largest absolute Gasteiger partial charge is 0.491 e. The van der Waals surface area contributed by atoms with Crippen LogP contribution in [0, 0.1) is 13.8 Å². The molecular weight excluding hydrogens is 526 g/mol. The SMILES string of the molecule is Cc1cc(-c2cc(Cl)ccc2OCCn2c(C)nc3ccc(N(C)C)nc3c2=O)c2scc(C(=O)O)c2n1. The van der Waals surface area contributed by atoms with E-state index in [-0.39, 0.29) is 24.3 Å². The molecule has 4 heterocycles. The number of carboxylic acids is 1. The van der Waals surface area contributed by atoms with Crippen LogP contribution in [0.3, 0.4) is 0 Å². The van der Waals surface area contributed by atoms with E-state index in [1.165, 1.54) is 11.3 Å². The van der Waals surface area contributed by atoms with Gasteiger partial charge < -0.3 is 14.7 Å². The average Bonchev–Trinajstić information content (AvgIpc) is 3.30. The lowest BCUT2D eigenvalue weighted by molar-refractivity contribution is 0.0699. The van der Waals surface area contributed by atoms with E-state index in [0.717, 1.165) is 10.3 Å². The fraction of sp³-hybridized carbons (Fsp3) is 0.222. The van der Waals surface area contributed by atoms with Gasteiger partial charge in [0.2, 0.25) is 0 Å². The van der Waals surface area contributed by atoms with Gasteiger partial charge in [0, 0.05) is 41.3 Å². The fourth-order valence-electron chi connectivity index (χ4n) is 4.29. The molecule has 0 fully saturated rings. The van der Waals surface area contributed by atoms with Crippen molar-refractivity contribution in [2.45, 2.75) is 20.4 Å². The fourth-order valence-corrected chi connectivity index (χ4v) is 5.47. The summed E-state index contributed by atoms with van der Waals surface area (Å²) in [6.45, 7) is 4.04. The number of halogens is 1. The molecule has 11 heteroatoms. The van der Waals surface area contributed by atoms with Crippen molar-refractivity contribution < 1.29 is 14.6 Å². The van der Waals surface area contributed by atoms with Crippen LogP contribution in [0.4, 0.5) is 5.82 Å². The summed E-state index contributed by atoms with van der Waals surface area (Å²) in [7, 11) is 3.73. The Kier molecular flexibility index (Phi) is 6.77. The van der Waals surface area contributed by atoms with Gasteiger partial charge in [-0.1, -0.05) is 11.6 Å². The molecule has 1 aromatic carbocycles. The van der Waals surface area contributed by atoms with Crippen molar-refractivity contribution in [3.63, 3.8) is 0 Å². The number of carbonyl (C=O) groups is 1. The van der Waals surface area contributed by atoms with Crippen molar-refractivity contribution in [2.24, 2.45) is 0 Å². The Balaban J connectivity index is 1.49. The monoisotopic (exact) mass is 549 g/mol. The first-order chi connectivity index (χ1) is 18.1. The third-order valence-corrected chi connectivity index (χ3v) is 7.36. The minimum absolute atomic E-state index is 0.157. The molecule has 194 valence electrons. The van der Waals surface area contributed by atoms with Crippen molar-refractivity contribution in [3.05, 3.63) is 74.2 Å². The Labute approximate surface area is 226 Å². The normalized spacial score (nSPS) is 11.3. The molecular formula is C27H24ClN5O4S. The molecule has 0 aliphatic rings. The Morgan fingerprint density at radius 2 is 1.87 bits per heavy atom. The lowest BCUT2D eigenvalue weighted by atomic mass is 10.0. The summed E-state index contributed by atoms with van der Waals surface area (Å²) in [6, 6.07) is 10.8. The van der Waals surface area contributed by atoms with Crippen LogP contribution in [-0.2, 0) is 6.54 Å². The summed E-state index contributed by atoms with van der Waals surface area (Å²) in [6.07, 6.45) is 0. The number of ether oxygens (including phenoxy) is 1. The van der Waals surface area contributed by atoms with E-state index in [1.807, 2.05) is 38.1 Å². The van der Waals surface area contributed by atoms with E-state index in [9.17, 15) is 14.7 Å². The minimum Gasteiger partial charge on any atom is -0.491 e. The topological polar surface area (TPSA) is 110 Å². The minimum atomic E-state index is -1.03. The molecule has 0 aliphatic carbocycles. The summed E-state index contributed by atoms with van der Waals surface area (Å²) in [5, 5.41) is 11.7. The van der Waals surface area contributed by atoms with Gasteiger partial charge in [0.15, 0.2) is 5.52 Å². The Bertz CT molecular complexity index is 1780. The number of anilines is 1. The molecule has 0 spiro atoms. The Morgan fingerprint density at radius 3 is 2.61 bits per heavy atom. The highest BCUT2D eigenvalue weighted by Crippen LogP contribution is 2.40. The van der Waals surface area contributed by atoms with E-state index in [4.69, 9.17) is 16.3 Å². The maximum absolute atomic E-state index is 13.3. The zero-order chi connectivity index (χ0) is 27.1. The lowest BCUT2D eigenvalue weighted by Crippen LogP contribution is -2.27. The number of fused-ring (bicyclic) bond motifs is 2. The van der Waals surface area contributed by atoms with Crippen molar-refractivity contribution in [2.75, 3.05) is 25.6 Å². The van der Waals surface area contributed by atoms with Crippen molar-refractivity contribution >= 4 is 56.0 Å². The molecule has 5 aromatic rings. The van der Waals surface area contributed by atoms with Crippen LogP contribution < -0.4 is 15.2 Å². The number of rotatable bonds is 7. The molecule has 9 nitrogen and oxygen atoms in total. The first-order valence-corrected chi connectivity index (χ1v) is 13.0. The van der Waals surface area contributed by atoms with E-state index >= 15 is 0 Å². The van der Waals surface area contributed by atoms with Gasteiger partial charge in [-0.25, -0.2) is 14.8 Å². The number of pyridine rings is 2. The summed E-state index contributed by atoms with van der Waals surface area (Å²) >= 11 is 7.66. The highest BCUT2D eigenvalue weighted by atomic mass is 35.5. The number of benzene rings is 1. The standard InChI is InChI=1S/C27H24ClN5O4S/c1-14-11-18(25-23(29-14)19(13-38-25)27(35)36)17-12-16(28)5-7-21(17)37-10-9-33-15(2)30-20-6-8-22(32(3)4)31-24(20)26(33)34/h5-8,11-13H,9-10H2,1-4H3,(H,35,36). The number of carboxylic acid groups (broad SMARTS) is 1. The first-order valence-electron chi connectivity index (χ1n) is 11.7. The number of thiophene rings is 1. The molecule has 5 rings (SSSR count). The van der Waals surface area contributed by atoms with Crippen LogP contribution >= 0.6 is 22.9 Å². The summed E-state index contributed by atoms with van der Waals surface area (Å²) in [5.74, 6) is 0.763. The zero-order valence-electron chi connectivity index (χ0n) is 21.1. The van der Waals surface area contributed by atoms with Gasteiger partial charge in [0.1, 0.15) is 24.0 Å². The Hall–Kier alpha value is -4.02. The quantitative estimate of drug-likeness (QED) is 0.295. The highest BCUT2D eigenvalue weighted by Gasteiger charge is 2.19. The van der Waals surface area contributed by atoms with Gasteiger partial charge in [0.05, 0.1) is 27.8 Å². The predicted octanol–water partition coefficient (Wildman–Crippen LogP) is 5.18. The molecule has 0 saturated heterocycles. The predicted molar refractivity (Wildman–Crippen MR) is 150 cm³/mol. The van der Waals surface area contributed by atoms with Crippen LogP contribution in [0.1, 0.15) is 21.9 Å². The molecule has 0 aliphatic heterocycles. The van der Waals surface area contributed by atoms with Crippen molar-refractivity contribution in [3.8, 4) is 16.9 Å². The molecule has 0 saturated carbocycles. The van der Waals surface area contributed by atoms with Gasteiger partial charge in [-0.2, -0.15) is 0 Å². The van der Waals surface area contributed by atoms with Gasteiger partial charge >= 0.3 is 5.97 Å². The summed E-state index contributed by atoms with van der Waals surface area (Å²) < 4.78 is 8.45. The van der Waals surface area contributed by atoms with Crippen LogP contribution in [-0.4, -0.2) is 51.3 Å². The van der Waals surface area contributed by atoms with Crippen molar-refractivity contribution in [1.29, 1.82) is 0 Å². The number of nitrogens with zero attached hydrogens (tertiary/aromatic N) is 5. The Morgan fingerprint density at radius 1 is 1.08 bits per heavy atom. The zero-order valence-corrected chi connectivity index (χ0v) is 22.7. The maximum Gasteiger partial charge on any atom is 0.338 e. The number of hydrogen-bond donors (Lipinski definition) is 1. The van der Waals surface area contributed by atoms with Gasteiger partial charge in [0.25, 0.3) is 5.56 Å². The molecule has 0 bridgehead atoms. The third kappa shape index (κ3) is 4.68. The summed E-state index contributed by atoms with van der Waals surface area (Å²) in [4.78, 5) is 40.3. The van der Waals surface area contributed by atoms with Crippen LogP contribution in [0.5, 0.6) is 5.75 Å². The molecule has 4 aromatic heterocycles. The van der Waals surface area contributed by atoms with Crippen molar-refractivity contribution in [1.82, 2.24) is 19.5 Å². The second-order valence-corrected chi connectivity index (χ2v) is 10.3. The second-order valence-electron chi connectivity index (χ2n) is 8.98. The lowest BCUT2D eigenvalue weighted by Gasteiger charge is -2.16. The first kappa shape index (κ1) is 25.6.